The predicted molar refractivity (Wildman–Crippen MR) is 66.9 cm³/mol. The van der Waals surface area contributed by atoms with Crippen molar-refractivity contribution in [3.05, 3.63) is 35.9 Å². The molecule has 17 heavy (non-hydrogen) atoms. The van der Waals surface area contributed by atoms with Gasteiger partial charge in [-0.3, -0.25) is 0 Å². The first-order chi connectivity index (χ1) is 7.82. The van der Waals surface area contributed by atoms with Crippen LogP contribution < -0.4 is 0 Å². The van der Waals surface area contributed by atoms with E-state index in [1.807, 2.05) is 0 Å². The van der Waals surface area contributed by atoms with Crippen molar-refractivity contribution in [1.29, 1.82) is 0 Å². The largest absolute Gasteiger partial charge is 0.281 e. The first kappa shape index (κ1) is 14.0. The van der Waals surface area contributed by atoms with Gasteiger partial charge in [0.15, 0.2) is 0 Å². The summed E-state index contributed by atoms with van der Waals surface area (Å²) < 4.78 is 40.5. The summed E-state index contributed by atoms with van der Waals surface area (Å²) in [6.45, 7) is 5.09. The van der Waals surface area contributed by atoms with Crippen LogP contribution in [0.5, 0.6) is 0 Å². The van der Waals surface area contributed by atoms with Crippen LogP contribution in [0.3, 0.4) is 0 Å². The molecule has 0 aliphatic carbocycles. The molecule has 1 aromatic carbocycles. The Morgan fingerprint density at radius 2 is 1.76 bits per heavy atom. The second-order valence-electron chi connectivity index (χ2n) is 4.50. The average Bonchev–Trinajstić information content (AvgIpc) is 2.25. The number of halogens is 2. The summed E-state index contributed by atoms with van der Waals surface area (Å²) in [5.41, 5.74) is -0.112. The van der Waals surface area contributed by atoms with Crippen LogP contribution in [0.2, 0.25) is 0 Å². The molecule has 2 nitrogen and oxygen atoms in total. The summed E-state index contributed by atoms with van der Waals surface area (Å²) in [6, 6.07) is 8.09. The predicted octanol–water partition coefficient (Wildman–Crippen LogP) is 3.20. The van der Waals surface area contributed by atoms with Crippen molar-refractivity contribution in [3.8, 4) is 0 Å². The first-order valence-corrected chi connectivity index (χ1v) is 6.27. The molecule has 0 unspecified atom stereocenters. The van der Waals surface area contributed by atoms with Crippen molar-refractivity contribution < 1.29 is 13.0 Å². The molecule has 0 bridgehead atoms. The van der Waals surface area contributed by atoms with Crippen LogP contribution in [-0.4, -0.2) is 21.1 Å². The fraction of sp³-hybridized carbons (Fsp3) is 0.417. The highest BCUT2D eigenvalue weighted by molar-refractivity contribution is 7.85. The minimum Gasteiger partial charge on any atom is -0.234 e. The standard InChI is InChI=1S/C12H15F2NOS/c1-12(2,3)17(16)15-10(11(13)14)9-7-5-4-6-8-9/h4-8,11H,1-3H3/t17-/m1/s1. The molecule has 0 fully saturated rings. The van der Waals surface area contributed by atoms with Gasteiger partial charge in [0.05, 0.1) is 4.75 Å². The van der Waals surface area contributed by atoms with Crippen LogP contribution in [0.1, 0.15) is 26.3 Å². The summed E-state index contributed by atoms with van der Waals surface area (Å²) in [6.07, 6.45) is -2.73. The average molecular weight is 259 g/mol. The third kappa shape index (κ3) is 4.00. The highest BCUT2D eigenvalue weighted by atomic mass is 32.2. The summed E-state index contributed by atoms with van der Waals surface area (Å²) in [4.78, 5) is 0. The summed E-state index contributed by atoms with van der Waals surface area (Å²) >= 11 is 0. The molecule has 0 radical (unpaired) electrons. The smallest absolute Gasteiger partial charge is 0.234 e. The van der Waals surface area contributed by atoms with Crippen molar-refractivity contribution in [2.75, 3.05) is 0 Å². The van der Waals surface area contributed by atoms with Crippen LogP contribution in [0.15, 0.2) is 34.7 Å². The van der Waals surface area contributed by atoms with Crippen molar-refractivity contribution in [2.45, 2.75) is 31.9 Å². The van der Waals surface area contributed by atoms with Gasteiger partial charge in [0.25, 0.3) is 6.43 Å². The Labute approximate surface area is 102 Å². The Balaban J connectivity index is 3.12. The molecule has 94 valence electrons. The van der Waals surface area contributed by atoms with Gasteiger partial charge in [0.2, 0.25) is 0 Å². The second kappa shape index (κ2) is 5.49. The number of hydrogen-bond acceptors (Lipinski definition) is 1. The topological polar surface area (TPSA) is 29.4 Å². The zero-order valence-electron chi connectivity index (χ0n) is 9.98. The van der Waals surface area contributed by atoms with E-state index >= 15 is 0 Å². The lowest BCUT2D eigenvalue weighted by Gasteiger charge is -2.15. The van der Waals surface area contributed by atoms with E-state index in [1.165, 1.54) is 12.1 Å². The van der Waals surface area contributed by atoms with E-state index in [2.05, 4.69) is 4.40 Å². The van der Waals surface area contributed by atoms with Gasteiger partial charge in [-0.2, -0.15) is 4.40 Å². The molecule has 5 heteroatoms. The Hall–Kier alpha value is -1.10. The fourth-order valence-electron chi connectivity index (χ4n) is 1.05. The molecular formula is C12H15F2NOS. The Morgan fingerprint density at radius 1 is 1.24 bits per heavy atom. The number of nitrogens with zero attached hydrogens (tertiary/aromatic N) is 1. The highest BCUT2D eigenvalue weighted by Crippen LogP contribution is 2.16. The lowest BCUT2D eigenvalue weighted by Crippen LogP contribution is -2.23. The Morgan fingerprint density at radius 3 is 2.18 bits per heavy atom. The maximum atomic E-state index is 12.9. The maximum Gasteiger partial charge on any atom is 0.281 e. The Kier molecular flexibility index (Phi) is 4.51. The highest BCUT2D eigenvalue weighted by Gasteiger charge is 2.23. The number of benzene rings is 1. The molecule has 0 N–H and O–H groups in total. The molecular weight excluding hydrogens is 244 g/mol. The van der Waals surface area contributed by atoms with Crippen molar-refractivity contribution >= 4 is 16.7 Å². The van der Waals surface area contributed by atoms with Crippen molar-refractivity contribution in [2.24, 2.45) is 4.40 Å². The molecule has 0 saturated carbocycles. The normalized spacial score (nSPS) is 15.1. The first-order valence-electron chi connectivity index (χ1n) is 5.16. The zero-order chi connectivity index (χ0) is 13.1. The van der Waals surface area contributed by atoms with E-state index in [1.54, 1.807) is 39.0 Å². The minimum absolute atomic E-state index is 0.306. The molecule has 0 heterocycles. The summed E-state index contributed by atoms with van der Waals surface area (Å²) in [5.74, 6) is 0. The van der Waals surface area contributed by atoms with Gasteiger partial charge in [0, 0.05) is 5.56 Å². The third-order valence-electron chi connectivity index (χ3n) is 1.98. The summed E-state index contributed by atoms with van der Waals surface area (Å²) in [7, 11) is -1.68. The molecule has 0 aromatic heterocycles. The molecule has 1 atom stereocenters. The Bertz CT molecular complexity index is 424. The number of hydrogen-bond donors (Lipinski definition) is 0. The van der Waals surface area contributed by atoms with E-state index in [-0.39, 0.29) is 0 Å². The molecule has 1 rings (SSSR count). The van der Waals surface area contributed by atoms with Crippen LogP contribution >= 0.6 is 0 Å². The zero-order valence-corrected chi connectivity index (χ0v) is 10.8. The fourth-order valence-corrected chi connectivity index (χ4v) is 1.69. The third-order valence-corrected chi connectivity index (χ3v) is 3.39. The number of alkyl halides is 2. The van der Waals surface area contributed by atoms with Gasteiger partial charge in [-0.25, -0.2) is 13.0 Å². The van der Waals surface area contributed by atoms with Crippen LogP contribution in [0.25, 0.3) is 0 Å². The van der Waals surface area contributed by atoms with Crippen molar-refractivity contribution in [1.82, 2.24) is 0 Å². The minimum atomic E-state index is -2.73. The molecule has 1 aromatic rings. The van der Waals surface area contributed by atoms with E-state index in [4.69, 9.17) is 0 Å². The van der Waals surface area contributed by atoms with E-state index in [0.29, 0.717) is 5.56 Å². The van der Waals surface area contributed by atoms with Gasteiger partial charge >= 0.3 is 0 Å². The van der Waals surface area contributed by atoms with Crippen LogP contribution in [0.4, 0.5) is 8.78 Å². The molecule has 0 amide bonds. The van der Waals surface area contributed by atoms with Crippen molar-refractivity contribution in [3.63, 3.8) is 0 Å². The monoisotopic (exact) mass is 259 g/mol. The molecule has 0 spiro atoms. The van der Waals surface area contributed by atoms with Gasteiger partial charge in [0.1, 0.15) is 16.7 Å². The number of rotatable bonds is 3. The molecule has 0 saturated heterocycles. The maximum absolute atomic E-state index is 12.9. The lowest BCUT2D eigenvalue weighted by atomic mass is 10.1. The molecule has 0 aliphatic heterocycles. The SMILES string of the molecule is CC(C)(C)[S@@](=O)N=C(c1ccccc1)C(F)F. The van der Waals surface area contributed by atoms with Gasteiger partial charge < -0.3 is 0 Å². The molecule has 0 aliphatic rings. The quantitative estimate of drug-likeness (QED) is 0.766. The van der Waals surface area contributed by atoms with E-state index < -0.39 is 27.9 Å². The van der Waals surface area contributed by atoms with Gasteiger partial charge in [-0.1, -0.05) is 30.3 Å². The van der Waals surface area contributed by atoms with Gasteiger partial charge in [-0.05, 0) is 20.8 Å². The second-order valence-corrected chi connectivity index (χ2v) is 6.41. The van der Waals surface area contributed by atoms with Crippen LogP contribution in [0, 0.1) is 0 Å². The summed E-state index contributed by atoms with van der Waals surface area (Å²) in [5, 5.41) is 0. The van der Waals surface area contributed by atoms with Crippen LogP contribution in [-0.2, 0) is 11.0 Å². The van der Waals surface area contributed by atoms with E-state index in [0.717, 1.165) is 0 Å². The lowest BCUT2D eigenvalue weighted by molar-refractivity contribution is 0.226. The van der Waals surface area contributed by atoms with E-state index in [9.17, 15) is 13.0 Å². The van der Waals surface area contributed by atoms with Gasteiger partial charge in [-0.15, -0.1) is 0 Å².